The van der Waals surface area contributed by atoms with E-state index in [0.717, 1.165) is 0 Å². The van der Waals surface area contributed by atoms with Crippen LogP contribution in [0.25, 0.3) is 10.9 Å². The lowest BCUT2D eigenvalue weighted by molar-refractivity contribution is 0.0950. The van der Waals surface area contributed by atoms with E-state index in [0.29, 0.717) is 29.7 Å². The normalized spacial score (nSPS) is 10.7. The molecule has 21 heavy (non-hydrogen) atoms. The molecule has 0 fully saturated rings. The Hall–Kier alpha value is -2.76. The van der Waals surface area contributed by atoms with Crippen LogP contribution < -0.4 is 5.32 Å². The molecule has 0 bridgehead atoms. The molecule has 106 valence electrons. The van der Waals surface area contributed by atoms with Crippen LogP contribution >= 0.6 is 0 Å². The second-order valence-electron chi connectivity index (χ2n) is 4.54. The fourth-order valence-corrected chi connectivity index (χ4v) is 2.11. The Morgan fingerprint density at radius 3 is 2.86 bits per heavy atom. The van der Waals surface area contributed by atoms with Gasteiger partial charge in [0.2, 0.25) is 0 Å². The third-order valence-electron chi connectivity index (χ3n) is 3.17. The number of nitrogens with one attached hydrogen (secondary N) is 2. The van der Waals surface area contributed by atoms with Gasteiger partial charge in [0.25, 0.3) is 5.91 Å². The molecule has 2 N–H and O–H groups in total. The van der Waals surface area contributed by atoms with E-state index in [2.05, 4.69) is 20.3 Å². The first-order valence-electron chi connectivity index (χ1n) is 6.55. The lowest BCUT2D eigenvalue weighted by Crippen LogP contribution is -2.27. The molecule has 1 aromatic carbocycles. The van der Waals surface area contributed by atoms with Crippen molar-refractivity contribution < 1.29 is 9.18 Å². The Morgan fingerprint density at radius 1 is 1.24 bits per heavy atom. The molecule has 0 aliphatic rings. The van der Waals surface area contributed by atoms with Crippen LogP contribution in [0.5, 0.6) is 0 Å². The number of rotatable bonds is 4. The highest BCUT2D eigenvalue weighted by Gasteiger charge is 2.14. The second kappa shape index (κ2) is 5.70. The van der Waals surface area contributed by atoms with E-state index in [4.69, 9.17) is 0 Å². The number of H-pyrrole nitrogens is 1. The fraction of sp³-hybridized carbons (Fsp3) is 0.133. The van der Waals surface area contributed by atoms with Gasteiger partial charge in [-0.1, -0.05) is 0 Å². The minimum atomic E-state index is -0.512. The van der Waals surface area contributed by atoms with Gasteiger partial charge in [-0.15, -0.1) is 0 Å². The van der Waals surface area contributed by atoms with Gasteiger partial charge in [-0.3, -0.25) is 4.79 Å². The highest BCUT2D eigenvalue weighted by atomic mass is 19.1. The van der Waals surface area contributed by atoms with Crippen molar-refractivity contribution in [1.82, 2.24) is 20.3 Å². The second-order valence-corrected chi connectivity index (χ2v) is 4.54. The molecule has 0 unspecified atom stereocenters. The maximum absolute atomic E-state index is 14.2. The maximum atomic E-state index is 14.2. The molecule has 0 aliphatic carbocycles. The van der Waals surface area contributed by atoms with Crippen LogP contribution in [0.2, 0.25) is 0 Å². The molecule has 6 heteroatoms. The maximum Gasteiger partial charge on any atom is 0.254 e. The summed E-state index contributed by atoms with van der Waals surface area (Å²) in [6.07, 6.45) is 5.43. The Bertz CT molecular complexity index is 770. The van der Waals surface area contributed by atoms with Crippen LogP contribution in [-0.2, 0) is 6.42 Å². The molecule has 3 rings (SSSR count). The third-order valence-corrected chi connectivity index (χ3v) is 3.17. The number of hydrogen-bond donors (Lipinski definition) is 2. The van der Waals surface area contributed by atoms with E-state index in [9.17, 15) is 9.18 Å². The zero-order chi connectivity index (χ0) is 14.7. The number of benzene rings is 1. The fourth-order valence-electron chi connectivity index (χ4n) is 2.11. The van der Waals surface area contributed by atoms with Gasteiger partial charge < -0.3 is 10.3 Å². The summed E-state index contributed by atoms with van der Waals surface area (Å²) in [7, 11) is 0. The largest absolute Gasteiger partial charge is 0.361 e. The number of hydrogen-bond acceptors (Lipinski definition) is 3. The van der Waals surface area contributed by atoms with E-state index >= 15 is 0 Å². The Morgan fingerprint density at radius 2 is 2.05 bits per heavy atom. The summed E-state index contributed by atoms with van der Waals surface area (Å²) in [6, 6.07) is 6.50. The highest BCUT2D eigenvalue weighted by molar-refractivity contribution is 5.98. The van der Waals surface area contributed by atoms with Gasteiger partial charge in [0.15, 0.2) is 0 Å². The van der Waals surface area contributed by atoms with Crippen LogP contribution in [-0.4, -0.2) is 27.4 Å². The average Bonchev–Trinajstić information content (AvgIpc) is 2.98. The number of fused-ring (bicyclic) bond motifs is 1. The zero-order valence-corrected chi connectivity index (χ0v) is 11.1. The lowest BCUT2D eigenvalue weighted by atomic mass is 10.1. The molecule has 2 aromatic heterocycles. The summed E-state index contributed by atoms with van der Waals surface area (Å²) >= 11 is 0. The molecule has 0 atom stereocenters. The Labute approximate surface area is 120 Å². The van der Waals surface area contributed by atoms with E-state index in [-0.39, 0.29) is 5.56 Å². The molecule has 0 spiro atoms. The molecule has 2 heterocycles. The van der Waals surface area contributed by atoms with Crippen LogP contribution in [0.1, 0.15) is 16.2 Å². The first kappa shape index (κ1) is 13.2. The van der Waals surface area contributed by atoms with Crippen LogP contribution in [0.4, 0.5) is 4.39 Å². The van der Waals surface area contributed by atoms with Crippen molar-refractivity contribution in [2.24, 2.45) is 0 Å². The number of halogens is 1. The predicted octanol–water partition coefficient (Wildman–Crippen LogP) is 2.07. The van der Waals surface area contributed by atoms with Gasteiger partial charge in [0, 0.05) is 42.5 Å². The van der Waals surface area contributed by atoms with Gasteiger partial charge in [0.1, 0.15) is 11.6 Å². The van der Waals surface area contributed by atoms with Crippen molar-refractivity contribution in [3.8, 4) is 0 Å². The zero-order valence-electron chi connectivity index (χ0n) is 11.1. The van der Waals surface area contributed by atoms with E-state index in [1.807, 2.05) is 0 Å². The first-order valence-corrected chi connectivity index (χ1v) is 6.55. The number of aromatic amines is 1. The van der Waals surface area contributed by atoms with E-state index in [1.54, 1.807) is 36.8 Å². The Kier molecular flexibility index (Phi) is 3.59. The highest BCUT2D eigenvalue weighted by Crippen LogP contribution is 2.19. The van der Waals surface area contributed by atoms with Crippen LogP contribution in [0.15, 0.2) is 42.9 Å². The number of aromatic nitrogens is 3. The summed E-state index contributed by atoms with van der Waals surface area (Å²) in [5.41, 5.74) is 0.706. The van der Waals surface area contributed by atoms with Gasteiger partial charge in [-0.2, -0.15) is 0 Å². The number of nitrogens with zero attached hydrogens (tertiary/aromatic N) is 2. The summed E-state index contributed by atoms with van der Waals surface area (Å²) < 4.78 is 14.2. The minimum Gasteiger partial charge on any atom is -0.361 e. The predicted molar refractivity (Wildman–Crippen MR) is 76.3 cm³/mol. The van der Waals surface area contributed by atoms with Crippen LogP contribution in [0, 0.1) is 5.82 Å². The van der Waals surface area contributed by atoms with Crippen LogP contribution in [0.3, 0.4) is 0 Å². The topological polar surface area (TPSA) is 70.7 Å². The lowest BCUT2D eigenvalue weighted by Gasteiger charge is -2.06. The standard InChI is InChI=1S/C15H13FN4O/c16-14-10-4-8-17-12(10)3-2-11(14)15(21)20-9-5-13-18-6-1-7-19-13/h1-4,6-8,17H,5,9H2,(H,20,21). The molecule has 5 nitrogen and oxygen atoms in total. The van der Waals surface area contributed by atoms with E-state index in [1.165, 1.54) is 6.07 Å². The molecule has 0 saturated heterocycles. The van der Waals surface area contributed by atoms with Crippen molar-refractivity contribution in [2.45, 2.75) is 6.42 Å². The average molecular weight is 284 g/mol. The van der Waals surface area contributed by atoms with Gasteiger partial charge >= 0.3 is 0 Å². The molecule has 1 amide bonds. The Balaban J connectivity index is 1.68. The van der Waals surface area contributed by atoms with Crippen molar-refractivity contribution in [3.05, 3.63) is 60.1 Å². The third kappa shape index (κ3) is 2.74. The minimum absolute atomic E-state index is 0.0380. The number of amides is 1. The molecule has 0 radical (unpaired) electrons. The van der Waals surface area contributed by atoms with Gasteiger partial charge in [-0.05, 0) is 24.3 Å². The smallest absolute Gasteiger partial charge is 0.254 e. The molecular formula is C15H13FN4O. The summed E-state index contributed by atoms with van der Waals surface area (Å²) in [6.45, 7) is 0.355. The van der Waals surface area contributed by atoms with Gasteiger partial charge in [0.05, 0.1) is 5.56 Å². The first-order chi connectivity index (χ1) is 10.3. The number of carbonyl (C=O) groups is 1. The summed E-state index contributed by atoms with van der Waals surface area (Å²) in [4.78, 5) is 23.0. The SMILES string of the molecule is O=C(NCCc1ncccn1)c1ccc2[nH]ccc2c1F. The number of carbonyl (C=O) groups excluding carboxylic acids is 1. The quantitative estimate of drug-likeness (QED) is 0.770. The monoisotopic (exact) mass is 284 g/mol. The molecule has 0 aliphatic heterocycles. The molecular weight excluding hydrogens is 271 g/mol. The summed E-state index contributed by atoms with van der Waals surface area (Å²) in [5, 5.41) is 3.09. The van der Waals surface area contributed by atoms with Crippen molar-refractivity contribution in [2.75, 3.05) is 6.54 Å². The van der Waals surface area contributed by atoms with Gasteiger partial charge in [-0.25, -0.2) is 14.4 Å². The summed E-state index contributed by atoms with van der Waals surface area (Å²) in [5.74, 6) is -0.312. The van der Waals surface area contributed by atoms with Crippen molar-refractivity contribution in [3.63, 3.8) is 0 Å². The van der Waals surface area contributed by atoms with Crippen molar-refractivity contribution >= 4 is 16.8 Å². The van der Waals surface area contributed by atoms with E-state index < -0.39 is 11.7 Å². The van der Waals surface area contributed by atoms with Crippen molar-refractivity contribution in [1.29, 1.82) is 0 Å². The molecule has 0 saturated carbocycles. The molecule has 3 aromatic rings.